The Morgan fingerprint density at radius 1 is 1.09 bits per heavy atom. The number of carbonyl (C=O) groups is 1. The molecule has 10 nitrogen and oxygen atoms in total. The van der Waals surface area contributed by atoms with Crippen molar-refractivity contribution in [2.75, 3.05) is 20.3 Å². The second-order valence-corrected chi connectivity index (χ2v) is 11.5. The van der Waals surface area contributed by atoms with Crippen molar-refractivity contribution >= 4 is 17.0 Å². The number of benzene rings is 2. The van der Waals surface area contributed by atoms with Gasteiger partial charge in [-0.3, -0.25) is 4.98 Å². The number of nitrogens with zero attached hydrogens (tertiary/aromatic N) is 4. The topological polar surface area (TPSA) is 118 Å². The Morgan fingerprint density at radius 2 is 1.98 bits per heavy atom. The van der Waals surface area contributed by atoms with E-state index in [0.29, 0.717) is 48.8 Å². The summed E-state index contributed by atoms with van der Waals surface area (Å²) in [5.74, 6) is 1.49. The molecule has 5 heterocycles. The van der Waals surface area contributed by atoms with Crippen LogP contribution in [0, 0.1) is 6.92 Å². The van der Waals surface area contributed by atoms with Gasteiger partial charge in [-0.1, -0.05) is 12.1 Å². The van der Waals surface area contributed by atoms with E-state index in [2.05, 4.69) is 28.6 Å². The van der Waals surface area contributed by atoms with Crippen molar-refractivity contribution in [1.82, 2.24) is 19.5 Å². The molecule has 0 saturated carbocycles. The number of carboxylic acids is 1. The molecular weight excluding hydrogens is 572 g/mol. The lowest BCUT2D eigenvalue weighted by atomic mass is 9.99. The van der Waals surface area contributed by atoms with Gasteiger partial charge in [-0.25, -0.2) is 14.8 Å². The van der Waals surface area contributed by atoms with Crippen molar-refractivity contribution in [2.24, 2.45) is 0 Å². The average Bonchev–Trinajstić information content (AvgIpc) is 3.37. The minimum absolute atomic E-state index is 0.0389. The fourth-order valence-electron chi connectivity index (χ4n) is 6.02. The van der Waals surface area contributed by atoms with Crippen molar-refractivity contribution in [3.8, 4) is 28.6 Å². The van der Waals surface area contributed by atoms with Crippen molar-refractivity contribution in [3.05, 3.63) is 94.6 Å². The van der Waals surface area contributed by atoms with Crippen LogP contribution in [-0.2, 0) is 30.7 Å². The van der Waals surface area contributed by atoms with Gasteiger partial charge in [0.05, 0.1) is 43.1 Å². The lowest BCUT2D eigenvalue weighted by molar-refractivity contribution is -0.0589. The number of imidazole rings is 1. The lowest BCUT2D eigenvalue weighted by Crippen LogP contribution is -2.31. The van der Waals surface area contributed by atoms with Crippen LogP contribution in [0.2, 0.25) is 0 Å². The first-order chi connectivity index (χ1) is 22.0. The number of fused-ring (bicyclic) bond motifs is 7. The molecule has 0 aliphatic carbocycles. The molecule has 1 saturated heterocycles. The molecule has 45 heavy (non-hydrogen) atoms. The van der Waals surface area contributed by atoms with E-state index in [4.69, 9.17) is 28.9 Å². The molecule has 2 aliphatic rings. The standard InChI is InChI=1S/C35H34N4O6/c1-21-13-24(16-32-38-34-29(39(32)19-26-9-12-43-26)14-25(35(40)41)15-31(34)42-2)30-17-27(21)28-6-3-7-33(37-28)45-20-23-8-10-36-18-22(23)5-4-11-44-30/h3,6-8,10,13-15,17-18,26H,4-5,9,11-12,16,19-20H2,1-2H3,(H,40,41)/t26-/m0/s1. The minimum atomic E-state index is -1.02. The van der Waals surface area contributed by atoms with Gasteiger partial charge in [0, 0.05) is 42.6 Å². The zero-order chi connectivity index (χ0) is 30.9. The number of aromatic nitrogens is 4. The number of ether oxygens (including phenoxy) is 4. The van der Waals surface area contributed by atoms with Crippen molar-refractivity contribution in [2.45, 2.75) is 51.9 Å². The molecular formula is C35H34N4O6. The van der Waals surface area contributed by atoms with E-state index >= 15 is 0 Å². The van der Waals surface area contributed by atoms with Gasteiger partial charge in [-0.05, 0) is 73.2 Å². The van der Waals surface area contributed by atoms with Crippen LogP contribution in [0.3, 0.4) is 0 Å². The van der Waals surface area contributed by atoms with Gasteiger partial charge in [0.25, 0.3) is 0 Å². The number of hydrogen-bond donors (Lipinski definition) is 1. The highest BCUT2D eigenvalue weighted by Crippen LogP contribution is 2.35. The molecule has 0 radical (unpaired) electrons. The van der Waals surface area contributed by atoms with Crippen LogP contribution in [0.25, 0.3) is 22.3 Å². The first-order valence-electron chi connectivity index (χ1n) is 15.2. The summed E-state index contributed by atoms with van der Waals surface area (Å²) in [7, 11) is 1.53. The molecule has 2 aromatic carbocycles. The third kappa shape index (κ3) is 5.81. The molecule has 5 aromatic rings. The SMILES string of the molecule is COc1cc(C(=O)O)cc2c1nc(Cc1cc(C)c3cc1OCCCc1cnccc1COc1cccc-3n1)n2C[C@@H]1CCO1. The van der Waals surface area contributed by atoms with Crippen LogP contribution in [0.5, 0.6) is 17.4 Å². The van der Waals surface area contributed by atoms with Crippen LogP contribution in [0.15, 0.2) is 60.9 Å². The maximum atomic E-state index is 12.0. The van der Waals surface area contributed by atoms with Gasteiger partial charge in [-0.15, -0.1) is 0 Å². The zero-order valence-electron chi connectivity index (χ0n) is 25.3. The number of aryl methyl sites for hydroxylation is 2. The number of pyridine rings is 2. The highest BCUT2D eigenvalue weighted by Gasteiger charge is 2.25. The fourth-order valence-corrected chi connectivity index (χ4v) is 6.02. The van der Waals surface area contributed by atoms with E-state index in [9.17, 15) is 9.90 Å². The number of rotatable bonds is 6. The van der Waals surface area contributed by atoms with Crippen molar-refractivity contribution in [1.29, 1.82) is 0 Å². The minimum Gasteiger partial charge on any atom is -0.494 e. The first kappa shape index (κ1) is 28.8. The summed E-state index contributed by atoms with van der Waals surface area (Å²) in [6, 6.07) is 15.2. The molecule has 230 valence electrons. The van der Waals surface area contributed by atoms with Crippen LogP contribution in [0.4, 0.5) is 0 Å². The Hall–Kier alpha value is -4.96. The predicted octanol–water partition coefficient (Wildman–Crippen LogP) is 5.79. The fraction of sp³-hybridized carbons (Fsp3) is 0.314. The van der Waals surface area contributed by atoms with E-state index in [1.54, 1.807) is 12.3 Å². The summed E-state index contributed by atoms with van der Waals surface area (Å²) in [5.41, 5.74) is 7.46. The quantitative estimate of drug-likeness (QED) is 0.256. The number of carboxylic acid groups (broad SMARTS) is 1. The smallest absolute Gasteiger partial charge is 0.335 e. The third-order valence-corrected chi connectivity index (χ3v) is 8.53. The third-order valence-electron chi connectivity index (χ3n) is 8.53. The molecule has 0 unspecified atom stereocenters. The van der Waals surface area contributed by atoms with E-state index < -0.39 is 5.97 Å². The largest absolute Gasteiger partial charge is 0.494 e. The average molecular weight is 607 g/mol. The normalized spacial score (nSPS) is 16.1. The van der Waals surface area contributed by atoms with Gasteiger partial charge < -0.3 is 28.6 Å². The van der Waals surface area contributed by atoms with Crippen LogP contribution >= 0.6 is 0 Å². The Morgan fingerprint density at radius 3 is 2.78 bits per heavy atom. The summed E-state index contributed by atoms with van der Waals surface area (Å²) in [5, 5.41) is 9.79. The molecule has 0 amide bonds. The molecule has 1 N–H and O–H groups in total. The lowest BCUT2D eigenvalue weighted by Gasteiger charge is -2.27. The zero-order valence-corrected chi connectivity index (χ0v) is 25.3. The Labute approximate surface area is 260 Å². The Bertz CT molecular complexity index is 1900. The van der Waals surface area contributed by atoms with E-state index in [1.165, 1.54) is 13.2 Å². The van der Waals surface area contributed by atoms with Crippen LogP contribution < -0.4 is 14.2 Å². The van der Waals surface area contributed by atoms with E-state index in [0.717, 1.165) is 71.0 Å². The second kappa shape index (κ2) is 12.2. The van der Waals surface area contributed by atoms with Gasteiger partial charge in [0.1, 0.15) is 29.4 Å². The molecule has 0 spiro atoms. The number of hydrogen-bond acceptors (Lipinski definition) is 8. The molecule has 1 fully saturated rings. The van der Waals surface area contributed by atoms with E-state index in [1.807, 2.05) is 30.5 Å². The molecule has 7 rings (SSSR count). The van der Waals surface area contributed by atoms with Gasteiger partial charge in [0.15, 0.2) is 0 Å². The molecule has 2 aliphatic heterocycles. The molecule has 3 aromatic heterocycles. The van der Waals surface area contributed by atoms with Crippen molar-refractivity contribution in [3.63, 3.8) is 0 Å². The Balaban J connectivity index is 1.31. The van der Waals surface area contributed by atoms with Crippen molar-refractivity contribution < 1.29 is 28.8 Å². The summed E-state index contributed by atoms with van der Waals surface area (Å²) in [6.07, 6.45) is 6.72. The highest BCUT2D eigenvalue weighted by atomic mass is 16.5. The summed E-state index contributed by atoms with van der Waals surface area (Å²) < 4.78 is 26.1. The summed E-state index contributed by atoms with van der Waals surface area (Å²) >= 11 is 0. The number of methoxy groups -OCH3 is 1. The van der Waals surface area contributed by atoms with Crippen LogP contribution in [-0.4, -0.2) is 57.0 Å². The molecule has 10 heteroatoms. The summed E-state index contributed by atoms with van der Waals surface area (Å²) in [4.78, 5) is 26.1. The van der Waals surface area contributed by atoms with Gasteiger partial charge in [0.2, 0.25) is 5.88 Å². The first-order valence-corrected chi connectivity index (χ1v) is 15.2. The number of aromatic carboxylic acids is 1. The highest BCUT2D eigenvalue weighted by molar-refractivity contribution is 5.95. The van der Waals surface area contributed by atoms with Gasteiger partial charge >= 0.3 is 5.97 Å². The second-order valence-electron chi connectivity index (χ2n) is 11.5. The van der Waals surface area contributed by atoms with E-state index in [-0.39, 0.29) is 11.7 Å². The molecule has 4 bridgehead atoms. The molecule has 1 atom stereocenters. The van der Waals surface area contributed by atoms with Crippen LogP contribution in [0.1, 0.15) is 51.3 Å². The maximum Gasteiger partial charge on any atom is 0.335 e. The maximum absolute atomic E-state index is 12.0. The Kier molecular flexibility index (Phi) is 7.81. The predicted molar refractivity (Wildman–Crippen MR) is 167 cm³/mol. The monoisotopic (exact) mass is 606 g/mol. The summed E-state index contributed by atoms with van der Waals surface area (Å²) in [6.45, 7) is 4.28. The van der Waals surface area contributed by atoms with Gasteiger partial charge in [-0.2, -0.15) is 0 Å².